The van der Waals surface area contributed by atoms with Crippen LogP contribution in [0.1, 0.15) is 44.1 Å². The summed E-state index contributed by atoms with van der Waals surface area (Å²) in [5.41, 5.74) is 1.14. The zero-order valence-corrected chi connectivity index (χ0v) is 17.1. The van der Waals surface area contributed by atoms with Crippen molar-refractivity contribution in [2.75, 3.05) is 12.7 Å². The average molecular weight is 415 g/mol. The molecule has 0 aromatic heterocycles. The Morgan fingerprint density at radius 2 is 1.96 bits per heavy atom. The van der Waals surface area contributed by atoms with E-state index in [-0.39, 0.29) is 12.4 Å². The molecule has 0 spiro atoms. The Bertz CT molecular complexity index is 531. The molecular weight excluding hydrogens is 388 g/mol. The first-order valence-corrected chi connectivity index (χ1v) is 10.7. The lowest BCUT2D eigenvalue weighted by Gasteiger charge is -2.28. The molecule has 1 saturated carbocycles. The molecule has 1 aliphatic carbocycles. The van der Waals surface area contributed by atoms with Crippen LogP contribution in [0.2, 0.25) is 10.0 Å². The minimum absolute atomic E-state index is 0. The summed E-state index contributed by atoms with van der Waals surface area (Å²) >= 11 is 11.9. The van der Waals surface area contributed by atoms with Gasteiger partial charge in [0.05, 0.1) is 10.0 Å². The van der Waals surface area contributed by atoms with Crippen molar-refractivity contribution < 1.29 is 9.46 Å². The van der Waals surface area contributed by atoms with Crippen molar-refractivity contribution >= 4 is 43.6 Å². The van der Waals surface area contributed by atoms with Gasteiger partial charge in [0.1, 0.15) is 0 Å². The van der Waals surface area contributed by atoms with Gasteiger partial charge in [-0.05, 0) is 61.8 Å². The highest BCUT2D eigenvalue weighted by atomic mass is 35.5. The molecule has 0 aliphatic heterocycles. The summed E-state index contributed by atoms with van der Waals surface area (Å²) in [4.78, 5) is 9.10. The van der Waals surface area contributed by atoms with Crippen molar-refractivity contribution in [1.29, 1.82) is 0 Å². The van der Waals surface area contributed by atoms with Gasteiger partial charge >= 0.3 is 0 Å². The monoisotopic (exact) mass is 413 g/mol. The molecule has 0 radical (unpaired) electrons. The van der Waals surface area contributed by atoms with Gasteiger partial charge in [-0.3, -0.25) is 4.57 Å². The first-order chi connectivity index (χ1) is 11.0. The van der Waals surface area contributed by atoms with Crippen LogP contribution < -0.4 is 5.32 Å². The lowest BCUT2D eigenvalue weighted by molar-refractivity contribution is 0.264. The standard InChI is InChI=1S/C17H26Cl2NO2P.ClH/c18-16-7-6-14(10-17(16)19)11-20-8-2-5-13-3-1-4-15(9-13)12-23(21)22;/h6-7,10,13,15,20,23H,1-5,8-9,11-12H2,(H,21,22);1H. The van der Waals surface area contributed by atoms with Gasteiger partial charge in [-0.15, -0.1) is 12.4 Å². The second-order valence-electron chi connectivity index (χ2n) is 6.56. The van der Waals surface area contributed by atoms with Crippen molar-refractivity contribution in [3.63, 3.8) is 0 Å². The molecule has 0 saturated heterocycles. The largest absolute Gasteiger partial charge is 0.346 e. The van der Waals surface area contributed by atoms with Gasteiger partial charge in [0.25, 0.3) is 0 Å². The number of benzene rings is 1. The topological polar surface area (TPSA) is 49.3 Å². The zero-order valence-electron chi connectivity index (χ0n) is 13.8. The Morgan fingerprint density at radius 3 is 2.67 bits per heavy atom. The second-order valence-corrected chi connectivity index (χ2v) is 8.57. The van der Waals surface area contributed by atoms with E-state index in [9.17, 15) is 4.57 Å². The fraction of sp³-hybridized carbons (Fsp3) is 0.647. The average Bonchev–Trinajstić information content (AvgIpc) is 2.50. The van der Waals surface area contributed by atoms with E-state index in [0.29, 0.717) is 22.1 Å². The van der Waals surface area contributed by atoms with Crippen LogP contribution in [0.3, 0.4) is 0 Å². The van der Waals surface area contributed by atoms with Crippen molar-refractivity contribution in [2.24, 2.45) is 11.8 Å². The molecule has 0 amide bonds. The maximum atomic E-state index is 11.0. The number of hydrogen-bond donors (Lipinski definition) is 2. The van der Waals surface area contributed by atoms with Crippen molar-refractivity contribution in [3.8, 4) is 0 Å². The van der Waals surface area contributed by atoms with Gasteiger partial charge in [-0.25, -0.2) is 0 Å². The van der Waals surface area contributed by atoms with Gasteiger partial charge in [0, 0.05) is 12.7 Å². The molecule has 3 nitrogen and oxygen atoms in total. The summed E-state index contributed by atoms with van der Waals surface area (Å²) in [7, 11) is -2.30. The van der Waals surface area contributed by atoms with E-state index in [4.69, 9.17) is 28.1 Å². The van der Waals surface area contributed by atoms with Crippen LogP contribution in [0.15, 0.2) is 18.2 Å². The summed E-state index contributed by atoms with van der Waals surface area (Å²) in [5.74, 6) is 1.19. The summed E-state index contributed by atoms with van der Waals surface area (Å²) in [5, 5.41) is 4.63. The zero-order chi connectivity index (χ0) is 16.7. The molecule has 7 heteroatoms. The van der Waals surface area contributed by atoms with E-state index in [0.717, 1.165) is 43.8 Å². The number of nitrogens with one attached hydrogen (secondary N) is 1. The summed E-state index contributed by atoms with van der Waals surface area (Å²) in [6.45, 7) is 1.79. The lowest BCUT2D eigenvalue weighted by atomic mass is 9.80. The predicted octanol–water partition coefficient (Wildman–Crippen LogP) is 5.56. The molecule has 2 rings (SSSR count). The normalized spacial score (nSPS) is 22.0. The van der Waals surface area contributed by atoms with Gasteiger partial charge in [0.15, 0.2) is 8.03 Å². The molecule has 1 fully saturated rings. The Balaban J connectivity index is 0.00000288. The molecule has 0 heterocycles. The minimum atomic E-state index is -2.30. The third kappa shape index (κ3) is 8.08. The van der Waals surface area contributed by atoms with Crippen LogP contribution in [0.4, 0.5) is 0 Å². The molecule has 138 valence electrons. The van der Waals surface area contributed by atoms with Gasteiger partial charge in [0.2, 0.25) is 0 Å². The van der Waals surface area contributed by atoms with Crippen LogP contribution >= 0.6 is 43.6 Å². The number of hydrogen-bond acceptors (Lipinski definition) is 2. The fourth-order valence-electron chi connectivity index (χ4n) is 3.49. The van der Waals surface area contributed by atoms with Gasteiger partial charge in [-0.2, -0.15) is 0 Å². The van der Waals surface area contributed by atoms with Crippen LogP contribution in [-0.4, -0.2) is 17.6 Å². The molecule has 0 bridgehead atoms. The summed E-state index contributed by atoms with van der Waals surface area (Å²) in [6, 6.07) is 5.72. The van der Waals surface area contributed by atoms with Crippen LogP contribution in [0.25, 0.3) is 0 Å². The number of halogens is 3. The summed E-state index contributed by atoms with van der Waals surface area (Å²) in [6.07, 6.45) is 7.62. The van der Waals surface area contributed by atoms with Crippen molar-refractivity contribution in [3.05, 3.63) is 33.8 Å². The third-order valence-electron chi connectivity index (χ3n) is 4.63. The molecular formula is C17H27Cl3NO2P. The number of rotatable bonds is 8. The third-order valence-corrected chi connectivity index (χ3v) is 6.30. The highest BCUT2D eigenvalue weighted by Crippen LogP contribution is 2.35. The van der Waals surface area contributed by atoms with E-state index in [1.165, 1.54) is 19.3 Å². The predicted molar refractivity (Wildman–Crippen MR) is 106 cm³/mol. The highest BCUT2D eigenvalue weighted by molar-refractivity contribution is 7.38. The minimum Gasteiger partial charge on any atom is -0.346 e. The molecule has 1 aliphatic rings. The smallest absolute Gasteiger partial charge is 0.189 e. The molecule has 1 aromatic rings. The highest BCUT2D eigenvalue weighted by Gasteiger charge is 2.22. The molecule has 3 unspecified atom stereocenters. The molecule has 1 aromatic carbocycles. The lowest BCUT2D eigenvalue weighted by Crippen LogP contribution is -2.20. The van der Waals surface area contributed by atoms with Gasteiger partial charge < -0.3 is 10.2 Å². The Morgan fingerprint density at radius 1 is 1.21 bits per heavy atom. The molecule has 24 heavy (non-hydrogen) atoms. The van der Waals surface area contributed by atoms with Crippen LogP contribution in [0.5, 0.6) is 0 Å². The van der Waals surface area contributed by atoms with Crippen LogP contribution in [-0.2, 0) is 11.1 Å². The van der Waals surface area contributed by atoms with Gasteiger partial charge in [-0.1, -0.05) is 42.1 Å². The molecule has 3 atom stereocenters. The maximum Gasteiger partial charge on any atom is 0.189 e. The maximum absolute atomic E-state index is 11.0. The molecule has 2 N–H and O–H groups in total. The summed E-state index contributed by atoms with van der Waals surface area (Å²) < 4.78 is 11.0. The first-order valence-electron chi connectivity index (χ1n) is 8.41. The second kappa shape index (κ2) is 11.8. The SMILES string of the molecule is Cl.O=[PH](O)CC1CCCC(CCCNCc2ccc(Cl)c(Cl)c2)C1. The fourth-order valence-corrected chi connectivity index (χ4v) is 4.68. The van der Waals surface area contributed by atoms with Crippen LogP contribution in [0, 0.1) is 11.8 Å². The Labute approximate surface area is 161 Å². The quantitative estimate of drug-likeness (QED) is 0.432. The van der Waals surface area contributed by atoms with E-state index < -0.39 is 8.03 Å². The van der Waals surface area contributed by atoms with E-state index in [2.05, 4.69) is 5.32 Å². The Hall–Kier alpha value is 0.240. The van der Waals surface area contributed by atoms with Crippen molar-refractivity contribution in [2.45, 2.75) is 45.1 Å². The first kappa shape index (κ1) is 22.3. The van der Waals surface area contributed by atoms with E-state index in [1.807, 2.05) is 18.2 Å². The van der Waals surface area contributed by atoms with E-state index in [1.54, 1.807) is 0 Å². The van der Waals surface area contributed by atoms with E-state index >= 15 is 0 Å². The Kier molecular flexibility index (Phi) is 10.9. The van der Waals surface area contributed by atoms with Crippen molar-refractivity contribution in [1.82, 2.24) is 5.32 Å².